The minimum Gasteiger partial charge on any atom is -0.337 e. The fraction of sp³-hybridized carbons (Fsp3) is 0.407. The van der Waals surface area contributed by atoms with Crippen molar-refractivity contribution in [2.75, 3.05) is 24.6 Å². The molecule has 5 rings (SSSR count). The van der Waals surface area contributed by atoms with Gasteiger partial charge in [-0.3, -0.25) is 9.48 Å². The summed E-state index contributed by atoms with van der Waals surface area (Å²) in [4.78, 5) is 15.3. The Morgan fingerprint density at radius 3 is 2.35 bits per heavy atom. The fourth-order valence-corrected chi connectivity index (χ4v) is 6.83. The van der Waals surface area contributed by atoms with Gasteiger partial charge in [-0.05, 0) is 55.7 Å². The highest BCUT2D eigenvalue weighted by atomic mass is 32.2. The van der Waals surface area contributed by atoms with Gasteiger partial charge in [0.15, 0.2) is 15.5 Å². The summed E-state index contributed by atoms with van der Waals surface area (Å²) in [6.45, 7) is 3.47. The van der Waals surface area contributed by atoms with Gasteiger partial charge < -0.3 is 4.90 Å². The van der Waals surface area contributed by atoms with Crippen molar-refractivity contribution in [3.63, 3.8) is 0 Å². The molecule has 0 N–H and O–H groups in total. The average Bonchev–Trinajstić information content (AvgIpc) is 3.44. The number of benzene rings is 2. The molecule has 0 spiro atoms. The number of amides is 1. The minimum absolute atomic E-state index is 0.0638. The number of aryl methyl sites for hydroxylation is 1. The van der Waals surface area contributed by atoms with Gasteiger partial charge in [0.1, 0.15) is 0 Å². The van der Waals surface area contributed by atoms with Crippen molar-refractivity contribution in [3.05, 3.63) is 77.5 Å². The number of rotatable bonds is 5. The summed E-state index contributed by atoms with van der Waals surface area (Å²) in [7, 11) is -3.07. The number of aromatic nitrogens is 2. The Bertz CT molecular complexity index is 1260. The number of hydrogen-bond donors (Lipinski definition) is 0. The van der Waals surface area contributed by atoms with Crippen LogP contribution in [0.2, 0.25) is 0 Å². The van der Waals surface area contributed by atoms with E-state index in [1.54, 1.807) is 4.68 Å². The van der Waals surface area contributed by atoms with Crippen molar-refractivity contribution in [3.8, 4) is 11.3 Å². The molecule has 2 fully saturated rings. The Hall–Kier alpha value is -2.93. The summed E-state index contributed by atoms with van der Waals surface area (Å²) in [5.41, 5.74) is 4.65. The van der Waals surface area contributed by atoms with Crippen LogP contribution < -0.4 is 0 Å². The topological polar surface area (TPSA) is 72.3 Å². The summed E-state index contributed by atoms with van der Waals surface area (Å²) >= 11 is 0. The van der Waals surface area contributed by atoms with Crippen molar-refractivity contribution >= 4 is 15.7 Å². The van der Waals surface area contributed by atoms with E-state index in [0.29, 0.717) is 18.0 Å². The van der Waals surface area contributed by atoms with E-state index >= 15 is 0 Å². The van der Waals surface area contributed by atoms with Crippen LogP contribution in [0.4, 0.5) is 0 Å². The highest BCUT2D eigenvalue weighted by Crippen LogP contribution is 2.31. The highest BCUT2D eigenvalue weighted by molar-refractivity contribution is 7.91. The van der Waals surface area contributed by atoms with Gasteiger partial charge in [0.2, 0.25) is 0 Å². The Kier molecular flexibility index (Phi) is 6.30. The molecule has 1 atom stereocenters. The first-order valence-electron chi connectivity index (χ1n) is 12.1. The summed E-state index contributed by atoms with van der Waals surface area (Å²) in [6.07, 6.45) is 3.53. The first-order chi connectivity index (χ1) is 16.4. The molecule has 34 heavy (non-hydrogen) atoms. The largest absolute Gasteiger partial charge is 0.337 e. The molecular weight excluding hydrogens is 446 g/mol. The molecule has 6 nitrogen and oxygen atoms in total. The molecule has 2 aromatic carbocycles. The van der Waals surface area contributed by atoms with Gasteiger partial charge in [-0.1, -0.05) is 60.2 Å². The molecule has 0 saturated carbocycles. The molecule has 2 saturated heterocycles. The van der Waals surface area contributed by atoms with Crippen molar-refractivity contribution in [1.29, 1.82) is 0 Å². The number of nitrogens with zero attached hydrogens (tertiary/aromatic N) is 3. The van der Waals surface area contributed by atoms with Crippen LogP contribution in [-0.2, 0) is 16.3 Å². The molecule has 0 bridgehead atoms. The second-order valence-corrected chi connectivity index (χ2v) is 11.9. The normalized spacial score (nSPS) is 20.5. The lowest BCUT2D eigenvalue weighted by molar-refractivity contribution is 0.0683. The third-order valence-electron chi connectivity index (χ3n) is 7.13. The molecule has 0 aliphatic carbocycles. The number of sulfone groups is 1. The first-order valence-corrected chi connectivity index (χ1v) is 13.9. The van der Waals surface area contributed by atoms with Crippen LogP contribution >= 0.6 is 0 Å². The second kappa shape index (κ2) is 9.37. The smallest absolute Gasteiger partial charge is 0.274 e. The van der Waals surface area contributed by atoms with E-state index in [9.17, 15) is 13.2 Å². The molecule has 2 aliphatic heterocycles. The molecule has 1 unspecified atom stereocenters. The maximum Gasteiger partial charge on any atom is 0.274 e. The third kappa shape index (κ3) is 4.94. The highest BCUT2D eigenvalue weighted by Gasteiger charge is 2.33. The maximum absolute atomic E-state index is 13.4. The lowest BCUT2D eigenvalue weighted by atomic mass is 9.90. The van der Waals surface area contributed by atoms with Gasteiger partial charge in [-0.15, -0.1) is 0 Å². The number of carbonyl (C=O) groups excluding carboxylic acids is 1. The Morgan fingerprint density at radius 2 is 1.71 bits per heavy atom. The average molecular weight is 478 g/mol. The number of carbonyl (C=O) groups is 1. The van der Waals surface area contributed by atoms with Crippen molar-refractivity contribution < 1.29 is 13.2 Å². The molecule has 3 aromatic rings. The Balaban J connectivity index is 1.34. The van der Waals surface area contributed by atoms with E-state index in [0.717, 1.165) is 49.2 Å². The van der Waals surface area contributed by atoms with E-state index in [1.807, 2.05) is 48.2 Å². The van der Waals surface area contributed by atoms with E-state index in [4.69, 9.17) is 0 Å². The van der Waals surface area contributed by atoms with Crippen molar-refractivity contribution in [2.24, 2.45) is 5.92 Å². The van der Waals surface area contributed by atoms with Crippen LogP contribution in [0.3, 0.4) is 0 Å². The molecular formula is C27H31N3O3S. The van der Waals surface area contributed by atoms with Gasteiger partial charge in [0.25, 0.3) is 5.91 Å². The van der Waals surface area contributed by atoms with Crippen LogP contribution in [0.15, 0.2) is 60.7 Å². The van der Waals surface area contributed by atoms with E-state index in [-0.39, 0.29) is 23.5 Å². The molecule has 1 aromatic heterocycles. The predicted molar refractivity (Wildman–Crippen MR) is 133 cm³/mol. The minimum atomic E-state index is -3.07. The maximum atomic E-state index is 13.4. The number of piperidine rings is 1. The third-order valence-corrected chi connectivity index (χ3v) is 8.88. The van der Waals surface area contributed by atoms with E-state index in [2.05, 4.69) is 29.4 Å². The Labute approximate surface area is 201 Å². The van der Waals surface area contributed by atoms with Crippen LogP contribution in [0.5, 0.6) is 0 Å². The molecule has 2 aliphatic rings. The zero-order valence-corrected chi connectivity index (χ0v) is 20.4. The monoisotopic (exact) mass is 477 g/mol. The molecule has 7 heteroatoms. The molecule has 178 valence electrons. The van der Waals surface area contributed by atoms with E-state index in [1.165, 1.54) is 5.56 Å². The van der Waals surface area contributed by atoms with Crippen LogP contribution in [0, 0.1) is 12.8 Å². The fourth-order valence-electron chi connectivity index (χ4n) is 5.14. The molecule has 1 amide bonds. The van der Waals surface area contributed by atoms with Crippen LogP contribution in [-0.4, -0.2) is 53.6 Å². The van der Waals surface area contributed by atoms with Gasteiger partial charge in [-0.25, -0.2) is 8.42 Å². The van der Waals surface area contributed by atoms with E-state index < -0.39 is 9.84 Å². The Morgan fingerprint density at radius 1 is 1.00 bits per heavy atom. The number of likely N-dealkylation sites (tertiary alicyclic amines) is 1. The van der Waals surface area contributed by atoms with Gasteiger partial charge >= 0.3 is 0 Å². The first kappa shape index (κ1) is 22.8. The molecule has 0 radical (unpaired) electrons. The van der Waals surface area contributed by atoms with Crippen LogP contribution in [0.1, 0.15) is 46.9 Å². The summed E-state index contributed by atoms with van der Waals surface area (Å²) < 4.78 is 26.1. The summed E-state index contributed by atoms with van der Waals surface area (Å²) in [5.74, 6) is 0.761. The zero-order chi connectivity index (χ0) is 23.7. The van der Waals surface area contributed by atoms with Gasteiger partial charge in [0.05, 0.1) is 23.2 Å². The van der Waals surface area contributed by atoms with Gasteiger partial charge in [-0.2, -0.15) is 5.10 Å². The molecule has 3 heterocycles. The number of hydrogen-bond acceptors (Lipinski definition) is 4. The predicted octanol–water partition coefficient (Wildman–Crippen LogP) is 4.31. The summed E-state index contributed by atoms with van der Waals surface area (Å²) in [6, 6.07) is 20.2. The second-order valence-electron chi connectivity index (χ2n) is 9.71. The quantitative estimate of drug-likeness (QED) is 0.549. The zero-order valence-electron chi connectivity index (χ0n) is 19.6. The van der Waals surface area contributed by atoms with Crippen LogP contribution in [0.25, 0.3) is 11.3 Å². The standard InChI is InChI=1S/C27H31N3O3S/c1-20-7-9-23(10-8-20)26-18-25(28-30(26)24-13-16-34(32,33)19-24)27(31)29-14-11-22(12-15-29)17-21-5-3-2-4-6-21/h2-10,18,22,24H,11-17,19H2,1H3. The van der Waals surface area contributed by atoms with Gasteiger partial charge in [0, 0.05) is 13.1 Å². The lowest BCUT2D eigenvalue weighted by Crippen LogP contribution is -2.39. The summed E-state index contributed by atoms with van der Waals surface area (Å²) in [5, 5.41) is 4.68. The SMILES string of the molecule is Cc1ccc(-c2cc(C(=O)N3CCC(Cc4ccccc4)CC3)nn2C2CCS(=O)(=O)C2)cc1. The van der Waals surface area contributed by atoms with Crippen molar-refractivity contribution in [1.82, 2.24) is 14.7 Å². The lowest BCUT2D eigenvalue weighted by Gasteiger charge is -2.31. The van der Waals surface area contributed by atoms with Crippen molar-refractivity contribution in [2.45, 2.75) is 38.6 Å².